The van der Waals surface area contributed by atoms with Crippen molar-refractivity contribution in [1.82, 2.24) is 4.57 Å². The molecule has 0 N–H and O–H groups in total. The number of ether oxygens (including phenoxy) is 2. The molecule has 0 aliphatic rings. The van der Waals surface area contributed by atoms with Crippen molar-refractivity contribution in [2.75, 3.05) is 6.79 Å². The fourth-order valence-corrected chi connectivity index (χ4v) is 3.01. The maximum atomic E-state index is 13.2. The quantitative estimate of drug-likeness (QED) is 0.355. The SMILES string of the molecule is C=C(C)C(=O)OCOc1ccc2cc(-c3ccccc3)c(=O)n(C(C)C)c2c1. The van der Waals surface area contributed by atoms with Crippen LogP contribution in [0.5, 0.6) is 5.75 Å². The average molecular weight is 377 g/mol. The molecule has 3 aromatic rings. The molecule has 5 nitrogen and oxygen atoms in total. The molecule has 144 valence electrons. The second-order valence-electron chi connectivity index (χ2n) is 6.89. The van der Waals surface area contributed by atoms with Gasteiger partial charge in [-0.25, -0.2) is 4.79 Å². The summed E-state index contributed by atoms with van der Waals surface area (Å²) < 4.78 is 12.2. The van der Waals surface area contributed by atoms with Gasteiger partial charge in [0.25, 0.3) is 5.56 Å². The molecule has 1 heterocycles. The molecule has 2 aromatic carbocycles. The number of carbonyl (C=O) groups excluding carboxylic acids is 1. The number of esters is 1. The highest BCUT2D eigenvalue weighted by Gasteiger charge is 2.14. The van der Waals surface area contributed by atoms with Gasteiger partial charge in [-0.3, -0.25) is 4.79 Å². The van der Waals surface area contributed by atoms with E-state index >= 15 is 0 Å². The van der Waals surface area contributed by atoms with E-state index in [1.807, 2.05) is 56.3 Å². The minimum absolute atomic E-state index is 0.0323. The number of carbonyl (C=O) groups is 1. The Bertz CT molecular complexity index is 1080. The predicted octanol–water partition coefficient (Wildman–Crippen LogP) is 4.71. The number of benzene rings is 2. The number of pyridine rings is 1. The molecule has 0 spiro atoms. The lowest BCUT2D eigenvalue weighted by molar-refractivity contribution is -0.145. The molecule has 0 aliphatic carbocycles. The Balaban J connectivity index is 2.01. The average Bonchev–Trinajstić information content (AvgIpc) is 2.67. The molecule has 0 saturated carbocycles. The second kappa shape index (κ2) is 8.13. The maximum absolute atomic E-state index is 13.2. The van der Waals surface area contributed by atoms with Gasteiger partial charge >= 0.3 is 5.97 Å². The van der Waals surface area contributed by atoms with Crippen LogP contribution in [0.2, 0.25) is 0 Å². The monoisotopic (exact) mass is 377 g/mol. The van der Waals surface area contributed by atoms with Crippen molar-refractivity contribution in [3.8, 4) is 16.9 Å². The number of rotatable bonds is 6. The van der Waals surface area contributed by atoms with Crippen LogP contribution in [0.1, 0.15) is 26.8 Å². The fraction of sp³-hybridized carbons (Fsp3) is 0.217. The van der Waals surface area contributed by atoms with Crippen molar-refractivity contribution in [2.45, 2.75) is 26.8 Å². The van der Waals surface area contributed by atoms with Crippen LogP contribution in [0.15, 0.2) is 71.5 Å². The summed E-state index contributed by atoms with van der Waals surface area (Å²) in [6.45, 7) is 8.82. The van der Waals surface area contributed by atoms with Crippen LogP contribution in [0.3, 0.4) is 0 Å². The first-order valence-electron chi connectivity index (χ1n) is 9.08. The molecule has 0 fully saturated rings. The third-order valence-electron chi connectivity index (χ3n) is 4.38. The van der Waals surface area contributed by atoms with Crippen molar-refractivity contribution in [2.24, 2.45) is 0 Å². The van der Waals surface area contributed by atoms with E-state index in [0.717, 1.165) is 16.5 Å². The molecule has 1 aromatic heterocycles. The lowest BCUT2D eigenvalue weighted by Crippen LogP contribution is -2.23. The first-order valence-corrected chi connectivity index (χ1v) is 9.08. The Hall–Kier alpha value is -3.34. The third-order valence-corrected chi connectivity index (χ3v) is 4.38. The molecule has 0 bridgehead atoms. The van der Waals surface area contributed by atoms with Crippen LogP contribution in [0.4, 0.5) is 0 Å². The molecular formula is C23H23NO4. The molecular weight excluding hydrogens is 354 g/mol. The van der Waals surface area contributed by atoms with Crippen LogP contribution >= 0.6 is 0 Å². The molecule has 5 heteroatoms. The molecule has 28 heavy (non-hydrogen) atoms. The van der Waals surface area contributed by atoms with Crippen molar-refractivity contribution < 1.29 is 14.3 Å². The van der Waals surface area contributed by atoms with Crippen molar-refractivity contribution >= 4 is 16.9 Å². The summed E-state index contributed by atoms with van der Waals surface area (Å²) in [7, 11) is 0. The fourth-order valence-electron chi connectivity index (χ4n) is 3.01. The standard InChI is InChI=1S/C23H23NO4/c1-15(2)23(26)28-14-27-19-11-10-18-12-20(17-8-6-5-7-9-17)22(25)24(16(3)4)21(18)13-19/h5-13,16H,1,14H2,2-4H3. The van der Waals surface area contributed by atoms with Gasteiger partial charge in [0.05, 0.1) is 5.52 Å². The maximum Gasteiger partial charge on any atom is 0.335 e. The van der Waals surface area contributed by atoms with E-state index in [1.54, 1.807) is 23.6 Å². The van der Waals surface area contributed by atoms with Crippen LogP contribution in [-0.2, 0) is 9.53 Å². The molecule has 0 radical (unpaired) electrons. The van der Waals surface area contributed by atoms with Crippen LogP contribution < -0.4 is 10.3 Å². The highest BCUT2D eigenvalue weighted by atomic mass is 16.7. The van der Waals surface area contributed by atoms with Gasteiger partial charge in [0.2, 0.25) is 6.79 Å². The summed E-state index contributed by atoms with van der Waals surface area (Å²) in [6, 6.07) is 17.0. The van der Waals surface area contributed by atoms with Crippen LogP contribution in [-0.4, -0.2) is 17.3 Å². The normalized spacial score (nSPS) is 10.9. The van der Waals surface area contributed by atoms with Gasteiger partial charge in [-0.15, -0.1) is 0 Å². The molecule has 0 unspecified atom stereocenters. The number of aromatic nitrogens is 1. The van der Waals surface area contributed by atoms with Crippen molar-refractivity contribution in [3.63, 3.8) is 0 Å². The molecule has 0 aliphatic heterocycles. The summed E-state index contributed by atoms with van der Waals surface area (Å²) in [5.41, 5.74) is 2.56. The Morgan fingerprint density at radius 1 is 1.11 bits per heavy atom. The van der Waals surface area contributed by atoms with E-state index in [1.165, 1.54) is 0 Å². The summed E-state index contributed by atoms with van der Waals surface area (Å²) >= 11 is 0. The number of nitrogens with zero attached hydrogens (tertiary/aromatic N) is 1. The zero-order chi connectivity index (χ0) is 20.3. The summed E-state index contributed by atoms with van der Waals surface area (Å²) in [5.74, 6) is 0.00987. The summed E-state index contributed by atoms with van der Waals surface area (Å²) in [4.78, 5) is 24.6. The minimum atomic E-state index is -0.507. The van der Waals surface area contributed by atoms with Gasteiger partial charge in [-0.2, -0.15) is 0 Å². The third kappa shape index (κ3) is 3.98. The predicted molar refractivity (Wildman–Crippen MR) is 110 cm³/mol. The van der Waals surface area contributed by atoms with Crippen LogP contribution in [0.25, 0.3) is 22.0 Å². The van der Waals surface area contributed by atoms with Crippen molar-refractivity contribution in [3.05, 3.63) is 77.1 Å². The van der Waals surface area contributed by atoms with E-state index < -0.39 is 5.97 Å². The molecule has 0 atom stereocenters. The van der Waals surface area contributed by atoms with E-state index in [-0.39, 0.29) is 18.4 Å². The number of hydrogen-bond donors (Lipinski definition) is 0. The van der Waals surface area contributed by atoms with Crippen LogP contribution in [0, 0.1) is 0 Å². The zero-order valence-electron chi connectivity index (χ0n) is 16.3. The van der Waals surface area contributed by atoms with Gasteiger partial charge in [0, 0.05) is 23.2 Å². The van der Waals surface area contributed by atoms with Gasteiger partial charge in [-0.05, 0) is 49.9 Å². The van der Waals surface area contributed by atoms with E-state index in [2.05, 4.69) is 6.58 Å². The van der Waals surface area contributed by atoms with Gasteiger partial charge in [0.1, 0.15) is 5.75 Å². The molecule has 0 amide bonds. The van der Waals surface area contributed by atoms with E-state index in [9.17, 15) is 9.59 Å². The first kappa shape index (κ1) is 19.4. The second-order valence-corrected chi connectivity index (χ2v) is 6.89. The zero-order valence-corrected chi connectivity index (χ0v) is 16.3. The highest BCUT2D eigenvalue weighted by Crippen LogP contribution is 2.26. The lowest BCUT2D eigenvalue weighted by atomic mass is 10.0. The van der Waals surface area contributed by atoms with Gasteiger partial charge < -0.3 is 14.0 Å². The largest absolute Gasteiger partial charge is 0.457 e. The van der Waals surface area contributed by atoms with Gasteiger partial charge in [0.15, 0.2) is 0 Å². The smallest absolute Gasteiger partial charge is 0.335 e. The topological polar surface area (TPSA) is 57.5 Å². The number of fused-ring (bicyclic) bond motifs is 1. The Morgan fingerprint density at radius 3 is 2.46 bits per heavy atom. The Morgan fingerprint density at radius 2 is 1.82 bits per heavy atom. The summed E-state index contributed by atoms with van der Waals surface area (Å²) in [5, 5.41) is 0.929. The Labute approximate surface area is 163 Å². The van der Waals surface area contributed by atoms with Crippen molar-refractivity contribution in [1.29, 1.82) is 0 Å². The minimum Gasteiger partial charge on any atom is -0.457 e. The lowest BCUT2D eigenvalue weighted by Gasteiger charge is -2.17. The van der Waals surface area contributed by atoms with Gasteiger partial charge in [-0.1, -0.05) is 36.9 Å². The molecule has 0 saturated heterocycles. The molecule has 3 rings (SSSR count). The highest BCUT2D eigenvalue weighted by molar-refractivity contribution is 5.87. The Kier molecular flexibility index (Phi) is 5.64. The number of hydrogen-bond acceptors (Lipinski definition) is 4. The first-order chi connectivity index (χ1) is 13.4. The van der Waals surface area contributed by atoms with E-state index in [0.29, 0.717) is 16.9 Å². The van der Waals surface area contributed by atoms with E-state index in [4.69, 9.17) is 9.47 Å². The summed E-state index contributed by atoms with van der Waals surface area (Å²) in [6.07, 6.45) is 0.